The van der Waals surface area contributed by atoms with Crippen LogP contribution < -0.4 is 4.74 Å². The average molecular weight is 269 g/mol. The minimum absolute atomic E-state index is 0.0330. The van der Waals surface area contributed by atoms with Gasteiger partial charge >= 0.3 is 0 Å². The molecule has 2 nitrogen and oxygen atoms in total. The van der Waals surface area contributed by atoms with Crippen molar-refractivity contribution in [2.45, 2.75) is 51.2 Å². The molecule has 0 saturated heterocycles. The van der Waals surface area contributed by atoms with Crippen LogP contribution in [0.4, 0.5) is 0 Å². The molecule has 0 amide bonds. The van der Waals surface area contributed by atoms with Gasteiger partial charge in [0, 0.05) is 13.0 Å². The Bertz CT molecular complexity index is 385. The van der Waals surface area contributed by atoms with Crippen LogP contribution in [0.15, 0.2) is 18.2 Å². The Labute approximate surface area is 114 Å². The molecular formula is C15H21ClO2. The number of alkyl halides is 1. The van der Waals surface area contributed by atoms with Gasteiger partial charge < -0.3 is 9.47 Å². The van der Waals surface area contributed by atoms with Crippen molar-refractivity contribution in [3.05, 3.63) is 29.3 Å². The Morgan fingerprint density at radius 3 is 2.50 bits per heavy atom. The maximum Gasteiger partial charge on any atom is 0.128 e. The van der Waals surface area contributed by atoms with Crippen LogP contribution in [0, 0.1) is 13.8 Å². The number of hydrogen-bond acceptors (Lipinski definition) is 2. The lowest BCUT2D eigenvalue weighted by atomic mass is 9.90. The largest absolute Gasteiger partial charge is 0.487 e. The predicted molar refractivity (Wildman–Crippen MR) is 74.6 cm³/mol. The molecule has 0 aromatic heterocycles. The van der Waals surface area contributed by atoms with E-state index in [1.54, 1.807) is 0 Å². The second kappa shape index (κ2) is 5.94. The van der Waals surface area contributed by atoms with Gasteiger partial charge in [-0.3, -0.25) is 0 Å². The van der Waals surface area contributed by atoms with Crippen molar-refractivity contribution in [3.63, 3.8) is 0 Å². The van der Waals surface area contributed by atoms with Crippen LogP contribution in [0.5, 0.6) is 5.75 Å². The number of para-hydroxylation sites is 1. The average Bonchev–Trinajstić information content (AvgIpc) is 2.33. The van der Waals surface area contributed by atoms with Crippen molar-refractivity contribution >= 4 is 11.6 Å². The van der Waals surface area contributed by atoms with Gasteiger partial charge in [0.15, 0.2) is 0 Å². The Morgan fingerprint density at radius 2 is 1.94 bits per heavy atom. The molecule has 0 radical (unpaired) electrons. The molecule has 3 unspecified atom stereocenters. The quantitative estimate of drug-likeness (QED) is 0.755. The third kappa shape index (κ3) is 2.81. The highest BCUT2D eigenvalue weighted by molar-refractivity contribution is 6.21. The Morgan fingerprint density at radius 1 is 1.28 bits per heavy atom. The van der Waals surface area contributed by atoms with E-state index >= 15 is 0 Å². The summed E-state index contributed by atoms with van der Waals surface area (Å²) in [6.07, 6.45) is 2.00. The summed E-state index contributed by atoms with van der Waals surface area (Å²) in [5.74, 6) is 0.983. The highest BCUT2D eigenvalue weighted by atomic mass is 35.5. The number of rotatable bonds is 5. The van der Waals surface area contributed by atoms with Crippen molar-refractivity contribution in [2.24, 2.45) is 0 Å². The first-order chi connectivity index (χ1) is 8.63. The number of halogens is 1. The van der Waals surface area contributed by atoms with E-state index in [9.17, 15) is 0 Å². The fraction of sp³-hybridized carbons (Fsp3) is 0.600. The molecular weight excluding hydrogens is 248 g/mol. The maximum atomic E-state index is 6.19. The molecule has 1 fully saturated rings. The second-order valence-corrected chi connectivity index (χ2v) is 5.52. The molecule has 0 aliphatic heterocycles. The standard InChI is InChI=1S/C15H21ClO2/c1-4-8-17-15-12(16)9-13(15)18-14-10(2)6-5-7-11(14)3/h5-7,12-13,15H,4,8-9H2,1-3H3. The molecule has 2 rings (SSSR count). The summed E-state index contributed by atoms with van der Waals surface area (Å²) in [4.78, 5) is 0. The highest BCUT2D eigenvalue weighted by Gasteiger charge is 2.43. The summed E-state index contributed by atoms with van der Waals surface area (Å²) < 4.78 is 11.8. The molecule has 1 aromatic carbocycles. The lowest BCUT2D eigenvalue weighted by Gasteiger charge is -2.41. The van der Waals surface area contributed by atoms with Gasteiger partial charge in [0.2, 0.25) is 0 Å². The van der Waals surface area contributed by atoms with E-state index in [-0.39, 0.29) is 17.6 Å². The zero-order valence-corrected chi connectivity index (χ0v) is 12.0. The molecule has 100 valence electrons. The van der Waals surface area contributed by atoms with Crippen molar-refractivity contribution in [1.82, 2.24) is 0 Å². The summed E-state index contributed by atoms with van der Waals surface area (Å²) >= 11 is 6.19. The SMILES string of the molecule is CCCOC1C(Cl)CC1Oc1c(C)cccc1C. The maximum absolute atomic E-state index is 6.19. The van der Waals surface area contributed by atoms with Crippen molar-refractivity contribution < 1.29 is 9.47 Å². The van der Waals surface area contributed by atoms with Gasteiger partial charge in [0.25, 0.3) is 0 Å². The van der Waals surface area contributed by atoms with E-state index < -0.39 is 0 Å². The van der Waals surface area contributed by atoms with Crippen molar-refractivity contribution in [2.75, 3.05) is 6.61 Å². The van der Waals surface area contributed by atoms with Gasteiger partial charge in [0.05, 0.1) is 5.38 Å². The molecule has 1 aromatic rings. The zero-order valence-electron chi connectivity index (χ0n) is 11.3. The van der Waals surface area contributed by atoms with Crippen LogP contribution >= 0.6 is 11.6 Å². The fourth-order valence-corrected chi connectivity index (χ4v) is 2.66. The van der Waals surface area contributed by atoms with Gasteiger partial charge in [-0.25, -0.2) is 0 Å². The van der Waals surface area contributed by atoms with Gasteiger partial charge in [-0.15, -0.1) is 11.6 Å². The molecule has 18 heavy (non-hydrogen) atoms. The number of benzene rings is 1. The summed E-state index contributed by atoms with van der Waals surface area (Å²) in [6.45, 7) is 6.99. The Balaban J connectivity index is 2.01. The van der Waals surface area contributed by atoms with Crippen LogP contribution in [0.2, 0.25) is 0 Å². The third-order valence-electron chi connectivity index (χ3n) is 3.37. The first kappa shape index (κ1) is 13.7. The first-order valence-corrected chi connectivity index (χ1v) is 7.05. The zero-order chi connectivity index (χ0) is 13.1. The third-order valence-corrected chi connectivity index (χ3v) is 3.80. The predicted octanol–water partition coefficient (Wildman–Crippen LogP) is 3.86. The van der Waals surface area contributed by atoms with Gasteiger partial charge in [-0.2, -0.15) is 0 Å². The molecule has 0 N–H and O–H groups in total. The second-order valence-electron chi connectivity index (χ2n) is 4.96. The summed E-state index contributed by atoms with van der Waals surface area (Å²) in [5, 5.41) is 0.0888. The summed E-state index contributed by atoms with van der Waals surface area (Å²) in [5.41, 5.74) is 2.34. The number of ether oxygens (including phenoxy) is 2. The first-order valence-electron chi connectivity index (χ1n) is 6.62. The van der Waals surface area contributed by atoms with Gasteiger partial charge in [-0.05, 0) is 31.4 Å². The normalized spacial score (nSPS) is 26.8. The molecule has 3 heteroatoms. The minimum Gasteiger partial charge on any atom is -0.487 e. The van der Waals surface area contributed by atoms with Crippen LogP contribution in [0.1, 0.15) is 30.9 Å². The molecule has 0 heterocycles. The molecule has 1 aliphatic carbocycles. The molecule has 0 spiro atoms. The van der Waals surface area contributed by atoms with Crippen molar-refractivity contribution in [3.8, 4) is 5.75 Å². The fourth-order valence-electron chi connectivity index (χ4n) is 2.24. The van der Waals surface area contributed by atoms with E-state index in [1.165, 1.54) is 11.1 Å². The number of aryl methyl sites for hydroxylation is 2. The Kier molecular flexibility index (Phi) is 4.52. The van der Waals surface area contributed by atoms with Crippen LogP contribution in [0.3, 0.4) is 0 Å². The van der Waals surface area contributed by atoms with E-state index in [0.717, 1.165) is 25.2 Å². The highest BCUT2D eigenvalue weighted by Crippen LogP contribution is 2.35. The van der Waals surface area contributed by atoms with Crippen LogP contribution in [0.25, 0.3) is 0 Å². The molecule has 3 atom stereocenters. The topological polar surface area (TPSA) is 18.5 Å². The monoisotopic (exact) mass is 268 g/mol. The van der Waals surface area contributed by atoms with E-state index in [0.29, 0.717) is 0 Å². The number of hydrogen-bond donors (Lipinski definition) is 0. The van der Waals surface area contributed by atoms with E-state index in [2.05, 4.69) is 32.9 Å². The van der Waals surface area contributed by atoms with Crippen molar-refractivity contribution in [1.29, 1.82) is 0 Å². The smallest absolute Gasteiger partial charge is 0.128 e. The Hall–Kier alpha value is -0.730. The van der Waals surface area contributed by atoms with Gasteiger partial charge in [-0.1, -0.05) is 25.1 Å². The lowest BCUT2D eigenvalue weighted by molar-refractivity contribution is -0.0801. The van der Waals surface area contributed by atoms with Gasteiger partial charge in [0.1, 0.15) is 18.0 Å². The minimum atomic E-state index is 0.0330. The van der Waals surface area contributed by atoms with Crippen LogP contribution in [-0.4, -0.2) is 24.2 Å². The molecule has 1 saturated carbocycles. The van der Waals surface area contributed by atoms with Crippen LogP contribution in [-0.2, 0) is 4.74 Å². The molecule has 0 bridgehead atoms. The van der Waals surface area contributed by atoms with E-state index in [1.807, 2.05) is 6.07 Å². The summed E-state index contributed by atoms with van der Waals surface area (Å²) in [6, 6.07) is 6.19. The lowest BCUT2D eigenvalue weighted by Crippen LogP contribution is -2.52. The molecule has 1 aliphatic rings. The summed E-state index contributed by atoms with van der Waals surface area (Å²) in [7, 11) is 0. The van der Waals surface area contributed by atoms with E-state index in [4.69, 9.17) is 21.1 Å².